The number of sulfonamides is 1. The van der Waals surface area contributed by atoms with E-state index in [2.05, 4.69) is 11.8 Å². The van der Waals surface area contributed by atoms with Gasteiger partial charge in [-0.25, -0.2) is 13.9 Å². The third kappa shape index (κ3) is 5.78. The van der Waals surface area contributed by atoms with Crippen LogP contribution in [0.1, 0.15) is 20.8 Å². The van der Waals surface area contributed by atoms with Crippen LogP contribution in [0.4, 0.5) is 0 Å². The number of benzene rings is 1. The molecule has 2 atom stereocenters. The number of nitrogens with one attached hydrogen (secondary N) is 1. The van der Waals surface area contributed by atoms with Crippen molar-refractivity contribution in [3.63, 3.8) is 0 Å². The van der Waals surface area contributed by atoms with Gasteiger partial charge < -0.3 is 10.5 Å². The standard InChI is InChI=1S/C18H25N3O5S2.ClH/c1-4-5-10-26-13-6-8-15(9-7-13)28(24,25)21-12-14(11-19)27-18(2,3)16(21)17(22)20-23;/h6-9,14,16,23H,10-12,19H2,1-3H3,(H,20,22);1H/t14-,16-;/m1./s1. The maximum atomic E-state index is 13.3. The van der Waals surface area contributed by atoms with Gasteiger partial charge in [-0.3, -0.25) is 10.0 Å². The van der Waals surface area contributed by atoms with Crippen molar-refractivity contribution in [2.45, 2.75) is 41.7 Å². The lowest BCUT2D eigenvalue weighted by atomic mass is 10.0. The monoisotopic (exact) mass is 463 g/mol. The minimum atomic E-state index is -4.01. The number of rotatable bonds is 6. The van der Waals surface area contributed by atoms with Crippen LogP contribution in [0.3, 0.4) is 0 Å². The predicted molar refractivity (Wildman–Crippen MR) is 115 cm³/mol. The van der Waals surface area contributed by atoms with E-state index in [0.717, 1.165) is 4.31 Å². The summed E-state index contributed by atoms with van der Waals surface area (Å²) < 4.78 is 32.3. The van der Waals surface area contributed by atoms with Crippen molar-refractivity contribution in [3.05, 3.63) is 24.3 Å². The summed E-state index contributed by atoms with van der Waals surface area (Å²) in [6, 6.07) is 4.82. The molecule has 1 aliphatic rings. The molecule has 11 heteroatoms. The second-order valence-electron chi connectivity index (χ2n) is 6.72. The highest BCUT2D eigenvalue weighted by Gasteiger charge is 2.50. The molecular formula is C18H26ClN3O5S2. The molecule has 0 aromatic heterocycles. The topological polar surface area (TPSA) is 122 Å². The number of carbonyl (C=O) groups excluding carboxylic acids is 1. The molecule has 162 valence electrons. The van der Waals surface area contributed by atoms with Gasteiger partial charge in [0.05, 0.1) is 4.90 Å². The number of nitrogens with two attached hydrogens (primary N) is 1. The normalized spacial score (nSPS) is 21.3. The van der Waals surface area contributed by atoms with E-state index in [1.54, 1.807) is 26.3 Å². The average molecular weight is 464 g/mol. The minimum absolute atomic E-state index is 0. The highest BCUT2D eigenvalue weighted by molar-refractivity contribution is 8.01. The molecule has 1 aliphatic heterocycles. The Morgan fingerprint density at radius 3 is 2.55 bits per heavy atom. The molecule has 1 fully saturated rings. The zero-order chi connectivity index (χ0) is 20.9. The number of thioether (sulfide) groups is 1. The van der Waals surface area contributed by atoms with Gasteiger partial charge in [0.2, 0.25) is 10.0 Å². The van der Waals surface area contributed by atoms with E-state index in [9.17, 15) is 13.2 Å². The zero-order valence-corrected chi connectivity index (χ0v) is 18.9. The van der Waals surface area contributed by atoms with E-state index in [1.807, 2.05) is 0 Å². The van der Waals surface area contributed by atoms with Crippen molar-refractivity contribution in [2.75, 3.05) is 19.7 Å². The van der Waals surface area contributed by atoms with E-state index < -0.39 is 26.7 Å². The van der Waals surface area contributed by atoms with Crippen LogP contribution in [0.5, 0.6) is 5.75 Å². The van der Waals surface area contributed by atoms with Gasteiger partial charge in [-0.2, -0.15) is 4.31 Å². The lowest BCUT2D eigenvalue weighted by Crippen LogP contribution is -2.63. The average Bonchev–Trinajstić information content (AvgIpc) is 2.66. The molecule has 0 radical (unpaired) electrons. The summed E-state index contributed by atoms with van der Waals surface area (Å²) in [6.45, 7) is 5.75. The fraction of sp³-hybridized carbons (Fsp3) is 0.500. The smallest absolute Gasteiger partial charge is 0.263 e. The van der Waals surface area contributed by atoms with Crippen LogP contribution in [0.25, 0.3) is 0 Å². The summed E-state index contributed by atoms with van der Waals surface area (Å²) in [6.07, 6.45) is 0. The van der Waals surface area contributed by atoms with Crippen molar-refractivity contribution in [1.29, 1.82) is 0 Å². The van der Waals surface area contributed by atoms with Gasteiger partial charge in [-0.15, -0.1) is 30.1 Å². The molecule has 4 N–H and O–H groups in total. The lowest BCUT2D eigenvalue weighted by molar-refractivity contribution is -0.134. The number of nitrogens with zero attached hydrogens (tertiary/aromatic N) is 1. The molecule has 2 rings (SSSR count). The van der Waals surface area contributed by atoms with Gasteiger partial charge in [-0.05, 0) is 45.0 Å². The summed E-state index contributed by atoms with van der Waals surface area (Å²) in [5, 5.41) is 8.98. The molecule has 1 aromatic carbocycles. The molecule has 29 heavy (non-hydrogen) atoms. The van der Waals surface area contributed by atoms with Gasteiger partial charge in [-0.1, -0.05) is 5.92 Å². The Morgan fingerprint density at radius 2 is 2.03 bits per heavy atom. The third-order valence-electron chi connectivity index (χ3n) is 4.34. The number of hydrogen-bond acceptors (Lipinski definition) is 7. The molecule has 1 amide bonds. The number of hydroxylamine groups is 1. The maximum absolute atomic E-state index is 13.3. The summed E-state index contributed by atoms with van der Waals surface area (Å²) in [7, 11) is -4.01. The summed E-state index contributed by atoms with van der Waals surface area (Å²) in [5.41, 5.74) is 7.37. The number of halogens is 1. The third-order valence-corrected chi connectivity index (χ3v) is 7.69. The Morgan fingerprint density at radius 1 is 1.41 bits per heavy atom. The van der Waals surface area contributed by atoms with Crippen LogP contribution in [-0.4, -0.2) is 59.6 Å². The Balaban J connectivity index is 0.00000420. The first kappa shape index (κ1) is 25.6. The van der Waals surface area contributed by atoms with Crippen LogP contribution in [0, 0.1) is 11.8 Å². The Kier molecular flexibility index (Phi) is 9.27. The van der Waals surface area contributed by atoms with Gasteiger partial charge in [0, 0.05) is 23.1 Å². The Bertz CT molecular complexity index is 866. The van der Waals surface area contributed by atoms with Crippen LogP contribution < -0.4 is 16.0 Å². The maximum Gasteiger partial charge on any atom is 0.263 e. The van der Waals surface area contributed by atoms with Crippen LogP contribution in [-0.2, 0) is 14.8 Å². The number of ether oxygens (including phenoxy) is 1. The summed E-state index contributed by atoms with van der Waals surface area (Å²) >= 11 is 1.43. The highest BCUT2D eigenvalue weighted by Crippen LogP contribution is 2.41. The first-order chi connectivity index (χ1) is 13.2. The Labute approximate surface area is 182 Å². The quantitative estimate of drug-likeness (QED) is 0.329. The van der Waals surface area contributed by atoms with Crippen molar-refractivity contribution < 1.29 is 23.2 Å². The van der Waals surface area contributed by atoms with Crippen molar-refractivity contribution in [2.24, 2.45) is 5.73 Å². The molecular weight excluding hydrogens is 438 g/mol. The summed E-state index contributed by atoms with van der Waals surface area (Å²) in [5.74, 6) is 5.17. The van der Waals surface area contributed by atoms with Gasteiger partial charge in [0.25, 0.3) is 5.91 Å². The molecule has 1 heterocycles. The number of amides is 1. The number of hydrogen-bond donors (Lipinski definition) is 3. The molecule has 8 nitrogen and oxygen atoms in total. The fourth-order valence-corrected chi connectivity index (χ4v) is 6.56. The minimum Gasteiger partial charge on any atom is -0.481 e. The lowest BCUT2D eigenvalue weighted by Gasteiger charge is -2.46. The second-order valence-corrected chi connectivity index (χ2v) is 10.6. The molecule has 0 saturated carbocycles. The highest BCUT2D eigenvalue weighted by atomic mass is 35.5. The van der Waals surface area contributed by atoms with Crippen molar-refractivity contribution in [1.82, 2.24) is 9.79 Å². The van der Waals surface area contributed by atoms with E-state index in [0.29, 0.717) is 5.75 Å². The second kappa shape index (κ2) is 10.5. The predicted octanol–water partition coefficient (Wildman–Crippen LogP) is 1.23. The van der Waals surface area contributed by atoms with E-state index in [-0.39, 0.29) is 42.2 Å². The van der Waals surface area contributed by atoms with Crippen molar-refractivity contribution >= 4 is 40.1 Å². The van der Waals surface area contributed by atoms with Crippen molar-refractivity contribution in [3.8, 4) is 17.6 Å². The molecule has 0 bridgehead atoms. The zero-order valence-electron chi connectivity index (χ0n) is 16.4. The SMILES string of the molecule is CC#CCOc1ccc(S(=O)(=O)N2C[C@@H](CN)SC(C)(C)[C@H]2C(=O)NO)cc1.Cl. The largest absolute Gasteiger partial charge is 0.481 e. The van der Waals surface area contributed by atoms with E-state index in [4.69, 9.17) is 15.7 Å². The molecule has 0 spiro atoms. The molecule has 1 aromatic rings. The van der Waals surface area contributed by atoms with Gasteiger partial charge in [0.15, 0.2) is 0 Å². The van der Waals surface area contributed by atoms with E-state index >= 15 is 0 Å². The van der Waals surface area contributed by atoms with Gasteiger partial charge in [0.1, 0.15) is 18.4 Å². The van der Waals surface area contributed by atoms with E-state index in [1.165, 1.54) is 36.0 Å². The van der Waals surface area contributed by atoms with Gasteiger partial charge >= 0.3 is 0 Å². The Hall–Kier alpha value is -1.48. The molecule has 0 unspecified atom stereocenters. The van der Waals surface area contributed by atoms with Crippen LogP contribution >= 0.6 is 24.2 Å². The molecule has 1 saturated heterocycles. The first-order valence-electron chi connectivity index (χ1n) is 8.63. The summed E-state index contributed by atoms with van der Waals surface area (Å²) in [4.78, 5) is 12.3. The van der Waals surface area contributed by atoms with Crippen LogP contribution in [0.2, 0.25) is 0 Å². The fourth-order valence-electron chi connectivity index (χ4n) is 3.09. The first-order valence-corrected chi connectivity index (χ1v) is 11.0. The number of carbonyl (C=O) groups is 1. The van der Waals surface area contributed by atoms with Crippen LogP contribution in [0.15, 0.2) is 29.2 Å². The molecule has 0 aliphatic carbocycles.